The number of carbonyl (C=O) groups is 1. The molecule has 16 heavy (non-hydrogen) atoms. The van der Waals surface area contributed by atoms with E-state index in [9.17, 15) is 4.79 Å². The van der Waals surface area contributed by atoms with Crippen molar-refractivity contribution in [3.8, 4) is 0 Å². The van der Waals surface area contributed by atoms with Crippen molar-refractivity contribution < 1.29 is 9.53 Å². The normalized spacial score (nSPS) is 18.4. The minimum Gasteiger partial charge on any atom is -0.464 e. The first-order valence-corrected chi connectivity index (χ1v) is 8.43. The summed E-state index contributed by atoms with van der Waals surface area (Å²) in [5.41, 5.74) is 0. The van der Waals surface area contributed by atoms with Crippen LogP contribution in [0, 0.1) is 5.92 Å². The number of rotatable bonds is 5. The van der Waals surface area contributed by atoms with Gasteiger partial charge in [0.05, 0.1) is 6.61 Å². The van der Waals surface area contributed by atoms with Gasteiger partial charge in [0.1, 0.15) is 0 Å². The van der Waals surface area contributed by atoms with E-state index in [2.05, 4.69) is 0 Å². The van der Waals surface area contributed by atoms with Gasteiger partial charge in [-0.3, -0.25) is 0 Å². The van der Waals surface area contributed by atoms with E-state index in [-0.39, 0.29) is 10.0 Å². The molecule has 1 fully saturated rings. The molecular weight excluding hydrogens is 240 g/mol. The zero-order valence-electron chi connectivity index (χ0n) is 10.5. The fourth-order valence-corrected chi connectivity index (χ4v) is 4.72. The van der Waals surface area contributed by atoms with Crippen molar-refractivity contribution in [3.63, 3.8) is 0 Å². The third-order valence-corrected chi connectivity index (χ3v) is 6.52. The molecule has 1 aliphatic rings. The lowest BCUT2D eigenvalue weighted by molar-refractivity contribution is -0.144. The molecule has 94 valence electrons. The number of ether oxygens (including phenoxy) is 1. The van der Waals surface area contributed by atoms with Gasteiger partial charge in [-0.25, -0.2) is 4.79 Å². The zero-order valence-corrected chi connectivity index (χ0v) is 12.1. The van der Waals surface area contributed by atoms with E-state index in [0.717, 1.165) is 0 Å². The Morgan fingerprint density at radius 3 is 2.25 bits per heavy atom. The van der Waals surface area contributed by atoms with Crippen LogP contribution in [0.3, 0.4) is 0 Å². The van der Waals surface area contributed by atoms with Crippen LogP contribution in [0.15, 0.2) is 0 Å². The van der Waals surface area contributed by atoms with E-state index in [1.807, 2.05) is 19.4 Å². The molecule has 0 bridgehead atoms. The predicted octanol–water partition coefficient (Wildman–Crippen LogP) is 3.55. The van der Waals surface area contributed by atoms with Gasteiger partial charge in [0.15, 0.2) is 4.08 Å². The van der Waals surface area contributed by atoms with Crippen LogP contribution in [-0.4, -0.2) is 29.2 Å². The molecule has 1 aliphatic carbocycles. The second-order valence-electron chi connectivity index (χ2n) is 4.13. The van der Waals surface area contributed by atoms with Gasteiger partial charge >= 0.3 is 5.97 Å². The molecule has 0 unspecified atom stereocenters. The zero-order chi connectivity index (χ0) is 12.0. The van der Waals surface area contributed by atoms with Gasteiger partial charge in [-0.15, -0.1) is 23.5 Å². The van der Waals surface area contributed by atoms with Gasteiger partial charge in [0, 0.05) is 0 Å². The van der Waals surface area contributed by atoms with Crippen molar-refractivity contribution in [2.45, 2.75) is 43.1 Å². The number of thioether (sulfide) groups is 2. The lowest BCUT2D eigenvalue weighted by atomic mass is 9.86. The van der Waals surface area contributed by atoms with E-state index in [4.69, 9.17) is 4.74 Å². The molecule has 0 aromatic heterocycles. The lowest BCUT2D eigenvalue weighted by Gasteiger charge is -2.37. The van der Waals surface area contributed by atoms with Gasteiger partial charge in [0.2, 0.25) is 0 Å². The SMILES string of the molecule is CCOC(=O)C(SC)(SC)C1CCCCC1. The van der Waals surface area contributed by atoms with Crippen LogP contribution >= 0.6 is 23.5 Å². The molecule has 0 spiro atoms. The third kappa shape index (κ3) is 2.89. The summed E-state index contributed by atoms with van der Waals surface area (Å²) in [6.45, 7) is 2.36. The van der Waals surface area contributed by atoms with E-state index < -0.39 is 0 Å². The molecule has 4 heteroatoms. The molecule has 0 aromatic rings. The summed E-state index contributed by atoms with van der Waals surface area (Å²) in [5, 5.41) is 0. The van der Waals surface area contributed by atoms with Gasteiger partial charge in [0.25, 0.3) is 0 Å². The summed E-state index contributed by atoms with van der Waals surface area (Å²) in [7, 11) is 0. The Labute approximate surface area is 107 Å². The maximum absolute atomic E-state index is 12.2. The number of carbonyl (C=O) groups excluding carboxylic acids is 1. The standard InChI is InChI=1S/C12H22O2S2/c1-4-14-11(13)12(15-2,16-3)10-8-6-5-7-9-10/h10H,4-9H2,1-3H3. The summed E-state index contributed by atoms with van der Waals surface area (Å²) in [5.74, 6) is 0.451. The Hall–Kier alpha value is 0.170. The van der Waals surface area contributed by atoms with Crippen molar-refractivity contribution in [3.05, 3.63) is 0 Å². The Kier molecular flexibility index (Phi) is 6.05. The van der Waals surface area contributed by atoms with Crippen LogP contribution in [0.25, 0.3) is 0 Å². The molecule has 0 radical (unpaired) electrons. The fourth-order valence-electron chi connectivity index (χ4n) is 2.46. The van der Waals surface area contributed by atoms with Crippen molar-refractivity contribution in [1.82, 2.24) is 0 Å². The van der Waals surface area contributed by atoms with E-state index in [1.54, 1.807) is 23.5 Å². The largest absolute Gasteiger partial charge is 0.464 e. The average molecular weight is 262 g/mol. The molecule has 0 aliphatic heterocycles. The number of hydrogen-bond donors (Lipinski definition) is 0. The first-order chi connectivity index (χ1) is 7.71. The minimum absolute atomic E-state index is 0.0260. The van der Waals surface area contributed by atoms with Crippen molar-refractivity contribution in [2.24, 2.45) is 5.92 Å². The molecule has 0 heterocycles. The van der Waals surface area contributed by atoms with Crippen molar-refractivity contribution in [2.75, 3.05) is 19.1 Å². The van der Waals surface area contributed by atoms with Crippen LogP contribution in [0.5, 0.6) is 0 Å². The van der Waals surface area contributed by atoms with Gasteiger partial charge < -0.3 is 4.74 Å². The molecule has 0 amide bonds. The van der Waals surface area contributed by atoms with Crippen LogP contribution in [-0.2, 0) is 9.53 Å². The molecule has 0 aromatic carbocycles. The maximum Gasteiger partial charge on any atom is 0.332 e. The Morgan fingerprint density at radius 1 is 1.25 bits per heavy atom. The summed E-state index contributed by atoms with van der Waals surface area (Å²) >= 11 is 3.32. The van der Waals surface area contributed by atoms with Gasteiger partial charge in [-0.1, -0.05) is 19.3 Å². The van der Waals surface area contributed by atoms with Crippen molar-refractivity contribution in [1.29, 1.82) is 0 Å². The van der Waals surface area contributed by atoms with Crippen LogP contribution in [0.4, 0.5) is 0 Å². The van der Waals surface area contributed by atoms with Crippen LogP contribution in [0.1, 0.15) is 39.0 Å². The summed E-state index contributed by atoms with van der Waals surface area (Å²) in [6.07, 6.45) is 10.2. The molecule has 0 atom stereocenters. The minimum atomic E-state index is -0.365. The topological polar surface area (TPSA) is 26.3 Å². The average Bonchev–Trinajstić information content (AvgIpc) is 2.33. The fraction of sp³-hybridized carbons (Fsp3) is 0.917. The smallest absolute Gasteiger partial charge is 0.332 e. The van der Waals surface area contributed by atoms with Crippen LogP contribution in [0.2, 0.25) is 0 Å². The molecular formula is C12H22O2S2. The molecule has 0 saturated heterocycles. The quantitative estimate of drug-likeness (QED) is 0.559. The second kappa shape index (κ2) is 6.80. The predicted molar refractivity (Wildman–Crippen MR) is 73.0 cm³/mol. The first-order valence-electron chi connectivity index (χ1n) is 5.98. The second-order valence-corrected chi connectivity index (χ2v) is 6.49. The number of hydrogen-bond acceptors (Lipinski definition) is 4. The molecule has 1 rings (SSSR count). The van der Waals surface area contributed by atoms with Gasteiger partial charge in [-0.05, 0) is 38.2 Å². The summed E-state index contributed by atoms with van der Waals surface area (Å²) in [6, 6.07) is 0. The first kappa shape index (κ1) is 14.2. The highest BCUT2D eigenvalue weighted by atomic mass is 32.2. The highest BCUT2D eigenvalue weighted by molar-refractivity contribution is 8.18. The van der Waals surface area contributed by atoms with Crippen molar-refractivity contribution >= 4 is 29.5 Å². The molecule has 0 N–H and O–H groups in total. The van der Waals surface area contributed by atoms with E-state index in [1.165, 1.54) is 32.1 Å². The lowest BCUT2D eigenvalue weighted by Crippen LogP contribution is -2.41. The third-order valence-electron chi connectivity index (χ3n) is 3.31. The molecule has 1 saturated carbocycles. The summed E-state index contributed by atoms with van der Waals surface area (Å²) < 4.78 is 4.90. The van der Waals surface area contributed by atoms with E-state index in [0.29, 0.717) is 12.5 Å². The number of esters is 1. The van der Waals surface area contributed by atoms with E-state index >= 15 is 0 Å². The monoisotopic (exact) mass is 262 g/mol. The van der Waals surface area contributed by atoms with Crippen LogP contribution < -0.4 is 0 Å². The Balaban J connectivity index is 2.80. The molecule has 2 nitrogen and oxygen atoms in total. The van der Waals surface area contributed by atoms with Gasteiger partial charge in [-0.2, -0.15) is 0 Å². The Morgan fingerprint density at radius 2 is 1.81 bits per heavy atom. The highest BCUT2D eigenvalue weighted by Crippen LogP contribution is 2.47. The maximum atomic E-state index is 12.2. The summed E-state index contributed by atoms with van der Waals surface area (Å²) in [4.78, 5) is 12.2. The highest BCUT2D eigenvalue weighted by Gasteiger charge is 2.46. The Bertz CT molecular complexity index is 221.